The van der Waals surface area contributed by atoms with Crippen LogP contribution in [0.1, 0.15) is 32.0 Å². The lowest BCUT2D eigenvalue weighted by Gasteiger charge is -2.22. The molecule has 0 amide bonds. The van der Waals surface area contributed by atoms with Gasteiger partial charge in [0.2, 0.25) is 5.88 Å². The molecule has 2 aromatic heterocycles. The normalized spacial score (nSPS) is 11.4. The van der Waals surface area contributed by atoms with Crippen LogP contribution >= 0.6 is 11.3 Å². The molecule has 0 saturated carbocycles. The molecule has 0 atom stereocenters. The van der Waals surface area contributed by atoms with Crippen LogP contribution in [0.5, 0.6) is 11.6 Å². The Labute approximate surface area is 210 Å². The highest BCUT2D eigenvalue weighted by Crippen LogP contribution is 2.39. The molecule has 0 radical (unpaired) electrons. The van der Waals surface area contributed by atoms with E-state index in [4.69, 9.17) is 19.2 Å². The second kappa shape index (κ2) is 11.4. The van der Waals surface area contributed by atoms with Gasteiger partial charge in [0.15, 0.2) is 5.13 Å². The number of anilines is 2. The summed E-state index contributed by atoms with van der Waals surface area (Å²) in [4.78, 5) is 10.4. The number of nitrogens with zero attached hydrogens (tertiary/aromatic N) is 2. The molecular formula is C28H31N3O3S. The van der Waals surface area contributed by atoms with E-state index in [9.17, 15) is 0 Å². The zero-order chi connectivity index (χ0) is 24.7. The van der Waals surface area contributed by atoms with Crippen molar-refractivity contribution in [1.82, 2.24) is 9.97 Å². The number of hydrogen-bond donors (Lipinski definition) is 1. The molecule has 4 rings (SSSR count). The van der Waals surface area contributed by atoms with Crippen molar-refractivity contribution in [3.05, 3.63) is 84.2 Å². The van der Waals surface area contributed by atoms with Crippen LogP contribution in [0, 0.1) is 0 Å². The average molecular weight is 490 g/mol. The van der Waals surface area contributed by atoms with Gasteiger partial charge in [-0.1, -0.05) is 80.6 Å². The molecule has 2 aromatic carbocycles. The summed E-state index contributed by atoms with van der Waals surface area (Å²) in [6.07, 6.45) is 1.73. The van der Waals surface area contributed by atoms with Crippen molar-refractivity contribution in [2.45, 2.75) is 32.8 Å². The largest absolute Gasteiger partial charge is 0.437 e. The lowest BCUT2D eigenvalue weighted by molar-refractivity contribution is 0.0606. The van der Waals surface area contributed by atoms with Crippen LogP contribution in [0.25, 0.3) is 10.4 Å². The van der Waals surface area contributed by atoms with Gasteiger partial charge in [0.25, 0.3) is 0 Å². The second-order valence-corrected chi connectivity index (χ2v) is 10.0. The van der Waals surface area contributed by atoms with Gasteiger partial charge in [-0.25, -0.2) is 9.97 Å². The van der Waals surface area contributed by atoms with Crippen molar-refractivity contribution in [2.24, 2.45) is 0 Å². The topological polar surface area (TPSA) is 65.5 Å². The SMILES string of the molecule is COCCOCc1nc(Nc2cccnc2Oc2ccccc2C(C)(C)C)sc1-c1ccccc1. The first-order valence-electron chi connectivity index (χ1n) is 11.6. The molecule has 35 heavy (non-hydrogen) atoms. The smallest absolute Gasteiger partial charge is 0.243 e. The van der Waals surface area contributed by atoms with E-state index in [-0.39, 0.29) is 5.41 Å². The summed E-state index contributed by atoms with van der Waals surface area (Å²) in [5.74, 6) is 1.29. The van der Waals surface area contributed by atoms with Crippen LogP contribution in [0.3, 0.4) is 0 Å². The van der Waals surface area contributed by atoms with E-state index in [0.717, 1.165) is 38.3 Å². The molecule has 182 valence electrons. The van der Waals surface area contributed by atoms with Crippen molar-refractivity contribution in [2.75, 3.05) is 25.6 Å². The van der Waals surface area contributed by atoms with Gasteiger partial charge in [-0.15, -0.1) is 0 Å². The summed E-state index contributed by atoms with van der Waals surface area (Å²) in [5.41, 5.74) is 3.79. The van der Waals surface area contributed by atoms with E-state index in [1.165, 1.54) is 0 Å². The van der Waals surface area contributed by atoms with E-state index < -0.39 is 0 Å². The highest BCUT2D eigenvalue weighted by molar-refractivity contribution is 7.19. The molecular weight excluding hydrogens is 458 g/mol. The minimum Gasteiger partial charge on any atom is -0.437 e. The molecule has 0 aliphatic carbocycles. The highest BCUT2D eigenvalue weighted by atomic mass is 32.1. The maximum absolute atomic E-state index is 6.32. The molecule has 1 N–H and O–H groups in total. The molecule has 0 saturated heterocycles. The number of benzene rings is 2. The van der Waals surface area contributed by atoms with Crippen LogP contribution in [0.4, 0.5) is 10.8 Å². The highest BCUT2D eigenvalue weighted by Gasteiger charge is 2.20. The molecule has 0 unspecified atom stereocenters. The number of aromatic nitrogens is 2. The van der Waals surface area contributed by atoms with Crippen molar-refractivity contribution in [3.63, 3.8) is 0 Å². The van der Waals surface area contributed by atoms with Crippen molar-refractivity contribution in [3.8, 4) is 22.1 Å². The Kier molecular flexibility index (Phi) is 8.13. The number of nitrogens with one attached hydrogen (secondary N) is 1. The molecule has 0 bridgehead atoms. The first-order valence-corrected chi connectivity index (χ1v) is 12.4. The molecule has 6 nitrogen and oxygen atoms in total. The summed E-state index contributed by atoms with van der Waals surface area (Å²) in [7, 11) is 1.66. The summed E-state index contributed by atoms with van der Waals surface area (Å²) in [5, 5.41) is 4.17. The van der Waals surface area contributed by atoms with Gasteiger partial charge in [0.05, 0.1) is 30.4 Å². The first-order chi connectivity index (χ1) is 17.0. The maximum atomic E-state index is 6.32. The third-order valence-electron chi connectivity index (χ3n) is 5.32. The van der Waals surface area contributed by atoms with Gasteiger partial charge in [0.1, 0.15) is 11.4 Å². The molecule has 0 fully saturated rings. The Hall–Kier alpha value is -3.26. The molecule has 4 aromatic rings. The Morgan fingerprint density at radius 1 is 0.914 bits per heavy atom. The Morgan fingerprint density at radius 3 is 2.46 bits per heavy atom. The third-order valence-corrected chi connectivity index (χ3v) is 6.38. The molecule has 0 aliphatic rings. The molecule has 7 heteroatoms. The maximum Gasteiger partial charge on any atom is 0.243 e. The Balaban J connectivity index is 1.61. The fraction of sp³-hybridized carbons (Fsp3) is 0.286. The zero-order valence-corrected chi connectivity index (χ0v) is 21.4. The van der Waals surface area contributed by atoms with E-state index >= 15 is 0 Å². The van der Waals surface area contributed by atoms with Crippen molar-refractivity contribution < 1.29 is 14.2 Å². The third kappa shape index (κ3) is 6.45. The minimum atomic E-state index is -0.0590. The number of para-hydroxylation sites is 1. The average Bonchev–Trinajstić information content (AvgIpc) is 3.26. The predicted octanol–water partition coefficient (Wildman–Crippen LogP) is 7.20. The molecule has 2 heterocycles. The lowest BCUT2D eigenvalue weighted by atomic mass is 9.86. The standard InChI is InChI=1S/C28H31N3O3S/c1-28(2,3)21-13-8-9-15-24(21)34-26-22(14-10-16-29-26)30-27-31-23(19-33-18-17-32-4)25(35-27)20-11-6-5-7-12-20/h5-16H,17-19H2,1-4H3,(H,30,31). The Bertz CT molecular complexity index is 1240. The summed E-state index contributed by atoms with van der Waals surface area (Å²) < 4.78 is 17.2. The van der Waals surface area contributed by atoms with Gasteiger partial charge < -0.3 is 19.5 Å². The number of ether oxygens (including phenoxy) is 3. The number of methoxy groups -OCH3 is 1. The fourth-order valence-electron chi connectivity index (χ4n) is 3.59. The molecule has 0 spiro atoms. The van der Waals surface area contributed by atoms with Crippen LogP contribution in [0.2, 0.25) is 0 Å². The Morgan fingerprint density at radius 2 is 1.69 bits per heavy atom. The van der Waals surface area contributed by atoms with E-state index in [1.54, 1.807) is 24.6 Å². The quantitative estimate of drug-likeness (QED) is 0.238. The minimum absolute atomic E-state index is 0.0590. The number of pyridine rings is 1. The number of hydrogen-bond acceptors (Lipinski definition) is 7. The van der Waals surface area contributed by atoms with Gasteiger partial charge in [-0.2, -0.15) is 0 Å². The van der Waals surface area contributed by atoms with Gasteiger partial charge in [-0.3, -0.25) is 0 Å². The second-order valence-electron chi connectivity index (χ2n) is 9.04. The fourth-order valence-corrected chi connectivity index (χ4v) is 4.58. The number of thiazole rings is 1. The van der Waals surface area contributed by atoms with Crippen LogP contribution in [-0.4, -0.2) is 30.3 Å². The van der Waals surface area contributed by atoms with Crippen LogP contribution < -0.4 is 10.1 Å². The van der Waals surface area contributed by atoms with Gasteiger partial charge in [-0.05, 0) is 29.2 Å². The van der Waals surface area contributed by atoms with E-state index in [0.29, 0.717) is 25.7 Å². The van der Waals surface area contributed by atoms with Gasteiger partial charge >= 0.3 is 0 Å². The summed E-state index contributed by atoms with van der Waals surface area (Å²) >= 11 is 1.58. The van der Waals surface area contributed by atoms with E-state index in [1.807, 2.05) is 48.5 Å². The lowest BCUT2D eigenvalue weighted by Crippen LogP contribution is -2.12. The zero-order valence-electron chi connectivity index (χ0n) is 20.6. The van der Waals surface area contributed by atoms with Crippen LogP contribution in [0.15, 0.2) is 72.9 Å². The summed E-state index contributed by atoms with van der Waals surface area (Å²) in [6.45, 7) is 7.97. The van der Waals surface area contributed by atoms with Crippen LogP contribution in [-0.2, 0) is 21.5 Å². The van der Waals surface area contributed by atoms with Gasteiger partial charge in [0, 0.05) is 18.9 Å². The predicted molar refractivity (Wildman–Crippen MR) is 142 cm³/mol. The number of rotatable bonds is 10. The monoisotopic (exact) mass is 489 g/mol. The first kappa shape index (κ1) is 24.9. The molecule has 0 aliphatic heterocycles. The van der Waals surface area contributed by atoms with Crippen molar-refractivity contribution in [1.29, 1.82) is 0 Å². The van der Waals surface area contributed by atoms with Crippen molar-refractivity contribution >= 4 is 22.2 Å². The van der Waals surface area contributed by atoms with E-state index in [2.05, 4.69) is 49.3 Å². The summed E-state index contributed by atoms with van der Waals surface area (Å²) in [6, 6.07) is 22.1.